The van der Waals surface area contributed by atoms with Crippen molar-refractivity contribution in [3.63, 3.8) is 0 Å². The molecule has 0 spiro atoms. The van der Waals surface area contributed by atoms with E-state index in [1.54, 1.807) is 18.4 Å². The van der Waals surface area contributed by atoms with E-state index < -0.39 is 0 Å². The number of thiophene rings is 1. The summed E-state index contributed by atoms with van der Waals surface area (Å²) in [6, 6.07) is 2.08. The first-order valence-electron chi connectivity index (χ1n) is 3.66. The molecule has 0 aromatic carbocycles. The highest BCUT2D eigenvalue weighted by molar-refractivity contribution is 7.10. The monoisotopic (exact) mass is 171 g/mol. The molecule has 0 aliphatic rings. The van der Waals surface area contributed by atoms with Crippen molar-refractivity contribution in [3.05, 3.63) is 16.3 Å². The first-order valence-corrected chi connectivity index (χ1v) is 4.54. The molecule has 2 N–H and O–H groups in total. The fourth-order valence-electron chi connectivity index (χ4n) is 0.933. The van der Waals surface area contributed by atoms with Crippen LogP contribution < -0.4 is 10.5 Å². The molecule has 0 saturated heterocycles. The molecule has 1 atom stereocenters. The van der Waals surface area contributed by atoms with Crippen molar-refractivity contribution >= 4 is 11.3 Å². The maximum atomic E-state index is 5.85. The maximum absolute atomic E-state index is 5.85. The van der Waals surface area contributed by atoms with Crippen molar-refractivity contribution in [1.82, 2.24) is 0 Å². The lowest BCUT2D eigenvalue weighted by Crippen LogP contribution is -2.07. The Balaban J connectivity index is 2.83. The van der Waals surface area contributed by atoms with Gasteiger partial charge in [-0.2, -0.15) is 0 Å². The molecule has 0 amide bonds. The van der Waals surface area contributed by atoms with E-state index >= 15 is 0 Å². The quantitative estimate of drug-likeness (QED) is 0.756. The third-order valence-electron chi connectivity index (χ3n) is 1.65. The van der Waals surface area contributed by atoms with Gasteiger partial charge in [0.15, 0.2) is 0 Å². The van der Waals surface area contributed by atoms with Crippen LogP contribution in [-0.4, -0.2) is 7.11 Å². The summed E-state index contributed by atoms with van der Waals surface area (Å²) >= 11 is 1.66. The van der Waals surface area contributed by atoms with E-state index in [0.29, 0.717) is 0 Å². The van der Waals surface area contributed by atoms with E-state index in [2.05, 4.69) is 6.92 Å². The molecular weight excluding hydrogens is 158 g/mol. The molecule has 0 saturated carbocycles. The van der Waals surface area contributed by atoms with Crippen LogP contribution >= 0.6 is 11.3 Å². The van der Waals surface area contributed by atoms with Gasteiger partial charge in [0.25, 0.3) is 0 Å². The van der Waals surface area contributed by atoms with Crippen molar-refractivity contribution in [2.24, 2.45) is 5.73 Å². The second-order valence-corrected chi connectivity index (χ2v) is 3.32. The highest BCUT2D eigenvalue weighted by Crippen LogP contribution is 2.30. The van der Waals surface area contributed by atoms with E-state index in [9.17, 15) is 0 Å². The molecule has 0 unspecified atom stereocenters. The van der Waals surface area contributed by atoms with Gasteiger partial charge in [0, 0.05) is 6.04 Å². The number of rotatable bonds is 3. The molecule has 0 radical (unpaired) electrons. The minimum atomic E-state index is 0.130. The molecule has 2 nitrogen and oxygen atoms in total. The summed E-state index contributed by atoms with van der Waals surface area (Å²) in [5.41, 5.74) is 5.85. The number of hydrogen-bond acceptors (Lipinski definition) is 3. The van der Waals surface area contributed by atoms with Gasteiger partial charge in [-0.15, -0.1) is 11.3 Å². The van der Waals surface area contributed by atoms with Crippen LogP contribution in [0.1, 0.15) is 24.3 Å². The molecule has 1 rings (SSSR count). The van der Waals surface area contributed by atoms with Crippen molar-refractivity contribution in [2.45, 2.75) is 19.4 Å². The Bertz CT molecular complexity index is 222. The number of nitrogens with two attached hydrogens (primary N) is 1. The summed E-state index contributed by atoms with van der Waals surface area (Å²) in [6.45, 7) is 2.07. The average molecular weight is 171 g/mol. The van der Waals surface area contributed by atoms with Crippen LogP contribution in [0.5, 0.6) is 5.75 Å². The fourth-order valence-corrected chi connectivity index (χ4v) is 1.88. The second-order valence-electron chi connectivity index (χ2n) is 2.37. The Morgan fingerprint density at radius 2 is 2.45 bits per heavy atom. The Kier molecular flexibility index (Phi) is 2.91. The van der Waals surface area contributed by atoms with E-state index in [1.165, 1.54) is 0 Å². The van der Waals surface area contributed by atoms with E-state index in [-0.39, 0.29) is 6.04 Å². The molecule has 0 aliphatic carbocycles. The molecule has 11 heavy (non-hydrogen) atoms. The maximum Gasteiger partial charge on any atom is 0.134 e. The molecular formula is C8H13NOS. The predicted octanol–water partition coefficient (Wildman–Crippen LogP) is 2.17. The van der Waals surface area contributed by atoms with Crippen LogP contribution in [0.3, 0.4) is 0 Å². The predicted molar refractivity (Wildman–Crippen MR) is 48.1 cm³/mol. The van der Waals surface area contributed by atoms with Gasteiger partial charge in [-0.3, -0.25) is 0 Å². The van der Waals surface area contributed by atoms with Crippen molar-refractivity contribution < 1.29 is 4.74 Å². The smallest absolute Gasteiger partial charge is 0.134 e. The molecule has 0 aliphatic heterocycles. The van der Waals surface area contributed by atoms with Crippen LogP contribution in [-0.2, 0) is 0 Å². The fraction of sp³-hybridized carbons (Fsp3) is 0.500. The summed E-state index contributed by atoms with van der Waals surface area (Å²) < 4.78 is 5.14. The Labute approximate surface area is 71.0 Å². The second kappa shape index (κ2) is 3.74. The third kappa shape index (κ3) is 1.73. The molecule has 1 heterocycles. The molecule has 1 aromatic rings. The lowest BCUT2D eigenvalue weighted by molar-refractivity contribution is 0.408. The van der Waals surface area contributed by atoms with Gasteiger partial charge in [0.05, 0.1) is 12.0 Å². The van der Waals surface area contributed by atoms with Crippen LogP contribution in [0.25, 0.3) is 0 Å². The highest BCUT2D eigenvalue weighted by atomic mass is 32.1. The molecule has 3 heteroatoms. The SMILES string of the molecule is CC[C@H](N)c1sccc1OC. The third-order valence-corrected chi connectivity index (χ3v) is 2.68. The van der Waals surface area contributed by atoms with Gasteiger partial charge >= 0.3 is 0 Å². The standard InChI is InChI=1S/C8H13NOS/c1-3-6(9)8-7(10-2)4-5-11-8/h4-6H,3,9H2,1-2H3/t6-/m0/s1. The molecule has 62 valence electrons. The minimum absolute atomic E-state index is 0.130. The Hall–Kier alpha value is -0.540. The summed E-state index contributed by atoms with van der Waals surface area (Å²) in [6.07, 6.45) is 0.955. The Morgan fingerprint density at radius 1 is 1.73 bits per heavy atom. The van der Waals surface area contributed by atoms with Crippen LogP contribution in [0.15, 0.2) is 11.4 Å². The molecule has 0 fully saturated rings. The summed E-state index contributed by atoms with van der Waals surface area (Å²) in [7, 11) is 1.67. The summed E-state index contributed by atoms with van der Waals surface area (Å²) in [5, 5.41) is 2.00. The average Bonchev–Trinajstić information content (AvgIpc) is 2.50. The lowest BCUT2D eigenvalue weighted by Gasteiger charge is -2.07. The number of methoxy groups -OCH3 is 1. The van der Waals surface area contributed by atoms with Crippen LogP contribution in [0.2, 0.25) is 0 Å². The summed E-state index contributed by atoms with van der Waals surface area (Å²) in [4.78, 5) is 1.15. The van der Waals surface area contributed by atoms with E-state index in [0.717, 1.165) is 17.0 Å². The van der Waals surface area contributed by atoms with Gasteiger partial charge < -0.3 is 10.5 Å². The number of ether oxygens (including phenoxy) is 1. The lowest BCUT2D eigenvalue weighted by atomic mass is 10.2. The van der Waals surface area contributed by atoms with Gasteiger partial charge in [-0.05, 0) is 17.9 Å². The van der Waals surface area contributed by atoms with Crippen LogP contribution in [0, 0.1) is 0 Å². The zero-order valence-electron chi connectivity index (χ0n) is 6.83. The van der Waals surface area contributed by atoms with E-state index in [1.807, 2.05) is 11.4 Å². The van der Waals surface area contributed by atoms with Gasteiger partial charge in [-0.1, -0.05) is 6.92 Å². The topological polar surface area (TPSA) is 35.2 Å². The van der Waals surface area contributed by atoms with Crippen LogP contribution in [0.4, 0.5) is 0 Å². The molecule has 0 bridgehead atoms. The first-order chi connectivity index (χ1) is 5.29. The Morgan fingerprint density at radius 3 is 3.00 bits per heavy atom. The zero-order chi connectivity index (χ0) is 8.27. The van der Waals surface area contributed by atoms with Crippen molar-refractivity contribution in [1.29, 1.82) is 0 Å². The van der Waals surface area contributed by atoms with Crippen molar-refractivity contribution in [2.75, 3.05) is 7.11 Å². The number of hydrogen-bond donors (Lipinski definition) is 1. The largest absolute Gasteiger partial charge is 0.496 e. The van der Waals surface area contributed by atoms with Gasteiger partial charge in [0.2, 0.25) is 0 Å². The van der Waals surface area contributed by atoms with Gasteiger partial charge in [-0.25, -0.2) is 0 Å². The van der Waals surface area contributed by atoms with E-state index in [4.69, 9.17) is 10.5 Å². The normalized spacial score (nSPS) is 13.0. The summed E-state index contributed by atoms with van der Waals surface area (Å²) in [5.74, 6) is 0.921. The first kappa shape index (κ1) is 8.56. The highest BCUT2D eigenvalue weighted by Gasteiger charge is 2.10. The van der Waals surface area contributed by atoms with Crippen molar-refractivity contribution in [3.8, 4) is 5.75 Å². The van der Waals surface area contributed by atoms with Gasteiger partial charge in [0.1, 0.15) is 5.75 Å². The zero-order valence-corrected chi connectivity index (χ0v) is 7.65. The minimum Gasteiger partial charge on any atom is -0.496 e. The molecule has 1 aromatic heterocycles.